The Balaban J connectivity index is 3.03. The first-order valence-electron chi connectivity index (χ1n) is 5.10. The zero-order chi connectivity index (χ0) is 13.1. The number of alkyl halides is 1. The fourth-order valence-corrected chi connectivity index (χ4v) is 2.47. The standard InChI is InChI=1S/C11H16ClNO3S/c1-8-4-5-11(16-3)10(6-8)9(2)13-17(14,15)7-12/h4-6,9,13H,7H2,1-3H3. The molecular weight excluding hydrogens is 262 g/mol. The number of hydrogen-bond acceptors (Lipinski definition) is 3. The summed E-state index contributed by atoms with van der Waals surface area (Å²) in [7, 11) is -1.89. The van der Waals surface area contributed by atoms with Crippen molar-refractivity contribution in [3.63, 3.8) is 0 Å². The number of sulfonamides is 1. The number of benzene rings is 1. The predicted molar refractivity (Wildman–Crippen MR) is 68.9 cm³/mol. The molecule has 0 aliphatic heterocycles. The van der Waals surface area contributed by atoms with E-state index in [9.17, 15) is 8.42 Å². The molecule has 0 aromatic heterocycles. The van der Waals surface area contributed by atoms with Gasteiger partial charge in [-0.1, -0.05) is 17.7 Å². The van der Waals surface area contributed by atoms with Crippen LogP contribution in [-0.2, 0) is 10.0 Å². The van der Waals surface area contributed by atoms with E-state index in [1.807, 2.05) is 25.1 Å². The molecule has 0 aliphatic rings. The summed E-state index contributed by atoms with van der Waals surface area (Å²) in [4.78, 5) is 0. The number of rotatable bonds is 5. The van der Waals surface area contributed by atoms with Gasteiger partial charge in [-0.3, -0.25) is 0 Å². The number of nitrogens with one attached hydrogen (secondary N) is 1. The van der Waals surface area contributed by atoms with E-state index in [-0.39, 0.29) is 6.04 Å². The summed E-state index contributed by atoms with van der Waals surface area (Å²) in [5.41, 5.74) is 1.83. The molecule has 0 saturated heterocycles. The molecule has 1 N–H and O–H groups in total. The van der Waals surface area contributed by atoms with Crippen LogP contribution in [0, 0.1) is 6.92 Å². The van der Waals surface area contributed by atoms with E-state index in [0.717, 1.165) is 11.1 Å². The van der Waals surface area contributed by atoms with Gasteiger partial charge >= 0.3 is 0 Å². The highest BCUT2D eigenvalue weighted by Crippen LogP contribution is 2.26. The summed E-state index contributed by atoms with van der Waals surface area (Å²) in [5.74, 6) is 0.653. The van der Waals surface area contributed by atoms with Gasteiger partial charge in [0, 0.05) is 11.6 Å². The Morgan fingerprint density at radius 3 is 2.65 bits per heavy atom. The minimum Gasteiger partial charge on any atom is -0.496 e. The van der Waals surface area contributed by atoms with E-state index >= 15 is 0 Å². The maximum Gasteiger partial charge on any atom is 0.226 e. The average molecular weight is 278 g/mol. The monoisotopic (exact) mass is 277 g/mol. The molecule has 1 unspecified atom stereocenters. The maximum atomic E-state index is 11.4. The third-order valence-corrected chi connectivity index (χ3v) is 4.21. The first kappa shape index (κ1) is 14.3. The van der Waals surface area contributed by atoms with Crippen LogP contribution in [0.4, 0.5) is 0 Å². The molecule has 4 nitrogen and oxygen atoms in total. The van der Waals surface area contributed by atoms with Gasteiger partial charge in [0.05, 0.1) is 7.11 Å². The second-order valence-electron chi connectivity index (χ2n) is 3.81. The third-order valence-electron chi connectivity index (χ3n) is 2.35. The van der Waals surface area contributed by atoms with Crippen molar-refractivity contribution < 1.29 is 13.2 Å². The zero-order valence-electron chi connectivity index (χ0n) is 10.0. The lowest BCUT2D eigenvalue weighted by atomic mass is 10.1. The first-order valence-corrected chi connectivity index (χ1v) is 7.29. The minimum atomic E-state index is -3.44. The number of ether oxygens (including phenoxy) is 1. The Labute approximate surface area is 107 Å². The van der Waals surface area contributed by atoms with Crippen LogP contribution < -0.4 is 9.46 Å². The summed E-state index contributed by atoms with van der Waals surface area (Å²) < 4.78 is 30.5. The second kappa shape index (κ2) is 5.71. The maximum absolute atomic E-state index is 11.4. The molecule has 96 valence electrons. The van der Waals surface area contributed by atoms with Crippen LogP contribution in [0.3, 0.4) is 0 Å². The minimum absolute atomic E-state index is 0.381. The van der Waals surface area contributed by atoms with Gasteiger partial charge in [0.1, 0.15) is 11.0 Å². The Kier molecular flexibility index (Phi) is 4.80. The van der Waals surface area contributed by atoms with Crippen LogP contribution in [0.2, 0.25) is 0 Å². The van der Waals surface area contributed by atoms with Gasteiger partial charge in [0.15, 0.2) is 0 Å². The summed E-state index contributed by atoms with van der Waals surface area (Å²) >= 11 is 5.35. The van der Waals surface area contributed by atoms with Crippen molar-refractivity contribution in [3.05, 3.63) is 29.3 Å². The highest BCUT2D eigenvalue weighted by Gasteiger charge is 2.17. The van der Waals surface area contributed by atoms with E-state index in [4.69, 9.17) is 16.3 Å². The average Bonchev–Trinajstić information content (AvgIpc) is 2.28. The van der Waals surface area contributed by atoms with Gasteiger partial charge in [-0.2, -0.15) is 0 Å². The Morgan fingerprint density at radius 2 is 2.12 bits per heavy atom. The van der Waals surface area contributed by atoms with Gasteiger partial charge in [0.2, 0.25) is 10.0 Å². The number of methoxy groups -OCH3 is 1. The van der Waals surface area contributed by atoms with Crippen LogP contribution in [0.15, 0.2) is 18.2 Å². The summed E-state index contributed by atoms with van der Waals surface area (Å²) in [6, 6.07) is 5.23. The molecule has 0 saturated carbocycles. The van der Waals surface area contributed by atoms with Gasteiger partial charge in [-0.25, -0.2) is 13.1 Å². The van der Waals surface area contributed by atoms with E-state index in [0.29, 0.717) is 5.75 Å². The fraction of sp³-hybridized carbons (Fsp3) is 0.455. The normalized spacial score (nSPS) is 13.4. The van der Waals surface area contributed by atoms with Crippen molar-refractivity contribution in [2.75, 3.05) is 12.3 Å². The Morgan fingerprint density at radius 1 is 1.47 bits per heavy atom. The molecule has 17 heavy (non-hydrogen) atoms. The molecular formula is C11H16ClNO3S. The lowest BCUT2D eigenvalue weighted by molar-refractivity contribution is 0.405. The lowest BCUT2D eigenvalue weighted by Crippen LogP contribution is -2.27. The molecule has 1 atom stereocenters. The van der Waals surface area contributed by atoms with Crippen molar-refractivity contribution >= 4 is 21.6 Å². The van der Waals surface area contributed by atoms with Crippen LogP contribution in [0.5, 0.6) is 5.75 Å². The van der Waals surface area contributed by atoms with E-state index in [1.165, 1.54) is 0 Å². The first-order chi connectivity index (χ1) is 7.89. The summed E-state index contributed by atoms with van der Waals surface area (Å²) in [6.07, 6.45) is 0. The van der Waals surface area contributed by atoms with Crippen molar-refractivity contribution in [3.8, 4) is 5.75 Å². The molecule has 1 aromatic carbocycles. The molecule has 0 amide bonds. The number of halogens is 1. The summed E-state index contributed by atoms with van der Waals surface area (Å²) in [6.45, 7) is 3.69. The number of aryl methyl sites for hydroxylation is 1. The molecule has 6 heteroatoms. The predicted octanol–water partition coefficient (Wildman–Crippen LogP) is 2.18. The summed E-state index contributed by atoms with van der Waals surface area (Å²) in [5, 5.41) is -0.453. The molecule has 0 radical (unpaired) electrons. The van der Waals surface area contributed by atoms with Gasteiger partial charge in [0.25, 0.3) is 0 Å². The SMILES string of the molecule is COc1ccc(C)cc1C(C)NS(=O)(=O)CCl. The van der Waals surface area contributed by atoms with Gasteiger partial charge < -0.3 is 4.74 Å². The van der Waals surface area contributed by atoms with E-state index in [1.54, 1.807) is 14.0 Å². The van der Waals surface area contributed by atoms with E-state index < -0.39 is 15.2 Å². The van der Waals surface area contributed by atoms with Crippen LogP contribution in [0.1, 0.15) is 24.1 Å². The molecule has 0 spiro atoms. The Hall–Kier alpha value is -0.780. The van der Waals surface area contributed by atoms with Gasteiger partial charge in [-0.05, 0) is 19.9 Å². The second-order valence-corrected chi connectivity index (χ2v) is 6.15. The molecule has 0 aliphatic carbocycles. The van der Waals surface area contributed by atoms with Crippen molar-refractivity contribution in [2.24, 2.45) is 0 Å². The van der Waals surface area contributed by atoms with Crippen molar-refractivity contribution in [2.45, 2.75) is 19.9 Å². The fourth-order valence-electron chi connectivity index (χ4n) is 1.56. The lowest BCUT2D eigenvalue weighted by Gasteiger charge is -2.17. The van der Waals surface area contributed by atoms with Crippen LogP contribution >= 0.6 is 11.6 Å². The third kappa shape index (κ3) is 3.87. The topological polar surface area (TPSA) is 55.4 Å². The van der Waals surface area contributed by atoms with E-state index in [2.05, 4.69) is 4.72 Å². The van der Waals surface area contributed by atoms with Crippen LogP contribution in [-0.4, -0.2) is 20.7 Å². The van der Waals surface area contributed by atoms with Crippen LogP contribution in [0.25, 0.3) is 0 Å². The highest BCUT2D eigenvalue weighted by molar-refractivity contribution is 7.90. The molecule has 0 bridgehead atoms. The zero-order valence-corrected chi connectivity index (χ0v) is 11.6. The quantitative estimate of drug-likeness (QED) is 0.840. The molecule has 0 heterocycles. The largest absolute Gasteiger partial charge is 0.496 e. The smallest absolute Gasteiger partial charge is 0.226 e. The van der Waals surface area contributed by atoms with Crippen molar-refractivity contribution in [1.82, 2.24) is 4.72 Å². The molecule has 1 rings (SSSR count). The Bertz CT molecular complexity index is 487. The highest BCUT2D eigenvalue weighted by atomic mass is 35.5. The molecule has 1 aromatic rings. The van der Waals surface area contributed by atoms with Gasteiger partial charge in [-0.15, -0.1) is 11.6 Å². The van der Waals surface area contributed by atoms with Crippen molar-refractivity contribution in [1.29, 1.82) is 0 Å². The molecule has 0 fully saturated rings. The number of hydrogen-bond donors (Lipinski definition) is 1.